The minimum atomic E-state index is -0.454. The van der Waals surface area contributed by atoms with Gasteiger partial charge in [0.25, 0.3) is 6.47 Å². The fourth-order valence-electron chi connectivity index (χ4n) is 9.10. The lowest BCUT2D eigenvalue weighted by Gasteiger charge is -2.66. The molecule has 4 nitrogen and oxygen atoms in total. The van der Waals surface area contributed by atoms with E-state index in [0.29, 0.717) is 31.0 Å². The molecule has 0 N–H and O–H groups in total. The van der Waals surface area contributed by atoms with Gasteiger partial charge in [-0.3, -0.25) is 9.59 Å². The monoisotopic (exact) mass is 502 g/mol. The van der Waals surface area contributed by atoms with Gasteiger partial charge < -0.3 is 9.53 Å². The highest BCUT2D eigenvalue weighted by molar-refractivity contribution is 5.85. The van der Waals surface area contributed by atoms with Crippen molar-refractivity contribution in [3.63, 3.8) is 0 Å². The predicted molar refractivity (Wildman–Crippen MR) is 146 cm³/mol. The molecule has 206 valence electrons. The molecule has 3 fully saturated rings. The summed E-state index contributed by atoms with van der Waals surface area (Å²) in [5, 5.41) is 0. The number of ether oxygens (including phenoxy) is 1. The van der Waals surface area contributed by atoms with E-state index in [1.54, 1.807) is 6.92 Å². The quantitative estimate of drug-likeness (QED) is 0.356. The largest absolute Gasteiger partial charge is 0.462 e. The third-order valence-corrected chi connectivity index (χ3v) is 12.1. The van der Waals surface area contributed by atoms with Crippen molar-refractivity contribution >= 4 is 18.0 Å². The average Bonchev–Trinajstić information content (AvgIpc) is 2.76. The first kappa shape index (κ1) is 29.4. The molecule has 0 bridgehead atoms. The Balaban J connectivity index is 2.07. The van der Waals surface area contributed by atoms with Gasteiger partial charge in [0.2, 0.25) is 0 Å². The third kappa shape index (κ3) is 5.21. The molecule has 0 spiro atoms. The summed E-state index contributed by atoms with van der Waals surface area (Å²) in [6.07, 6.45) is 11.5. The lowest BCUT2D eigenvalue weighted by Crippen LogP contribution is -2.61. The Morgan fingerprint density at radius 2 is 1.53 bits per heavy atom. The minimum Gasteiger partial charge on any atom is -0.462 e. The molecule has 0 unspecified atom stereocenters. The second-order valence-corrected chi connectivity index (χ2v) is 15.4. The molecule has 3 aliphatic rings. The summed E-state index contributed by atoms with van der Waals surface area (Å²) in [7, 11) is 0. The lowest BCUT2D eigenvalue weighted by atomic mass is 9.38. The molecule has 0 aromatic rings. The van der Waals surface area contributed by atoms with Crippen LogP contribution >= 0.6 is 0 Å². The Labute approximate surface area is 221 Å². The van der Waals surface area contributed by atoms with Crippen LogP contribution in [-0.4, -0.2) is 23.6 Å². The maximum atomic E-state index is 13.0. The molecule has 0 amide bonds. The summed E-state index contributed by atoms with van der Waals surface area (Å²) in [6.45, 7) is 20.9. The molecule has 36 heavy (non-hydrogen) atoms. The zero-order chi connectivity index (χ0) is 27.2. The molecule has 4 heteroatoms. The van der Waals surface area contributed by atoms with E-state index in [9.17, 15) is 14.4 Å². The maximum absolute atomic E-state index is 13.0. The van der Waals surface area contributed by atoms with Crippen molar-refractivity contribution in [2.75, 3.05) is 0 Å². The second-order valence-electron chi connectivity index (χ2n) is 15.4. The van der Waals surface area contributed by atoms with Crippen molar-refractivity contribution < 1.29 is 19.1 Å². The van der Waals surface area contributed by atoms with Crippen LogP contribution in [-0.2, 0) is 19.1 Å². The summed E-state index contributed by atoms with van der Waals surface area (Å²) in [5.41, 5.74) is -0.607. The molecule has 3 aliphatic carbocycles. The van der Waals surface area contributed by atoms with Gasteiger partial charge >= 0.3 is 0 Å². The van der Waals surface area contributed by atoms with Crippen molar-refractivity contribution in [3.05, 3.63) is 0 Å². The molecule has 6 atom stereocenters. The van der Waals surface area contributed by atoms with Gasteiger partial charge in [0.15, 0.2) is 0 Å². The predicted octanol–water partition coefficient (Wildman–Crippen LogP) is 8.10. The molecular weight excluding hydrogens is 448 g/mol. The van der Waals surface area contributed by atoms with Crippen molar-refractivity contribution in [2.45, 2.75) is 145 Å². The van der Waals surface area contributed by atoms with E-state index in [-0.39, 0.29) is 38.8 Å². The van der Waals surface area contributed by atoms with E-state index in [1.807, 2.05) is 0 Å². The van der Waals surface area contributed by atoms with Crippen molar-refractivity contribution in [1.29, 1.82) is 0 Å². The fraction of sp³-hybridized carbons (Fsp3) is 0.906. The normalized spacial score (nSPS) is 43.2. The van der Waals surface area contributed by atoms with Gasteiger partial charge in [-0.05, 0) is 105 Å². The Bertz CT molecular complexity index is 858. The smallest absolute Gasteiger partial charge is 0.293 e. The molecule has 0 saturated heterocycles. The number of Topliss-reactive ketones (excluding diaryl/α,β-unsaturated/α-hetero) is 2. The molecule has 0 radical (unpaired) electrons. The number of hydrogen-bond acceptors (Lipinski definition) is 4. The van der Waals surface area contributed by atoms with E-state index in [2.05, 4.69) is 55.4 Å². The fourth-order valence-corrected chi connectivity index (χ4v) is 9.10. The molecule has 0 aromatic heterocycles. The van der Waals surface area contributed by atoms with Gasteiger partial charge in [0, 0.05) is 18.3 Å². The molecule has 3 rings (SSSR count). The minimum absolute atomic E-state index is 0.0214. The summed E-state index contributed by atoms with van der Waals surface area (Å²) >= 11 is 0. The van der Waals surface area contributed by atoms with Gasteiger partial charge in [0.1, 0.15) is 17.2 Å². The van der Waals surface area contributed by atoms with E-state index in [1.165, 1.54) is 6.42 Å². The van der Waals surface area contributed by atoms with E-state index in [4.69, 9.17) is 4.74 Å². The maximum Gasteiger partial charge on any atom is 0.293 e. The lowest BCUT2D eigenvalue weighted by molar-refractivity contribution is -0.185. The Kier molecular flexibility index (Phi) is 8.03. The van der Waals surface area contributed by atoms with Crippen molar-refractivity contribution in [3.8, 4) is 0 Å². The molecule has 3 saturated carbocycles. The van der Waals surface area contributed by atoms with Crippen molar-refractivity contribution in [1.82, 2.24) is 0 Å². The first-order valence-corrected chi connectivity index (χ1v) is 14.6. The molecule has 0 aliphatic heterocycles. The van der Waals surface area contributed by atoms with Crippen LogP contribution < -0.4 is 0 Å². The summed E-state index contributed by atoms with van der Waals surface area (Å²) in [6, 6.07) is 0. The number of carbonyl (C=O) groups is 3. The van der Waals surface area contributed by atoms with E-state index in [0.717, 1.165) is 57.8 Å². The summed E-state index contributed by atoms with van der Waals surface area (Å²) < 4.78 is 5.77. The number of ketones is 2. The van der Waals surface area contributed by atoms with Crippen LogP contribution in [0.2, 0.25) is 0 Å². The van der Waals surface area contributed by atoms with Gasteiger partial charge in [-0.2, -0.15) is 0 Å². The zero-order valence-electron chi connectivity index (χ0n) is 24.9. The Morgan fingerprint density at radius 1 is 0.889 bits per heavy atom. The van der Waals surface area contributed by atoms with Crippen LogP contribution in [0.5, 0.6) is 0 Å². The highest BCUT2D eigenvalue weighted by atomic mass is 16.5. The zero-order valence-corrected chi connectivity index (χ0v) is 24.9. The highest BCUT2D eigenvalue weighted by Crippen LogP contribution is 2.69. The number of fused-ring (bicyclic) bond motifs is 1. The summed E-state index contributed by atoms with van der Waals surface area (Å²) in [5.74, 6) is 1.22. The van der Waals surface area contributed by atoms with Crippen LogP contribution in [0.3, 0.4) is 0 Å². The van der Waals surface area contributed by atoms with Gasteiger partial charge in [-0.1, -0.05) is 54.9 Å². The number of rotatable bonds is 5. The first-order chi connectivity index (χ1) is 16.4. The molecular formula is C32H54O4. The molecule has 0 aromatic carbocycles. The van der Waals surface area contributed by atoms with Gasteiger partial charge in [-0.15, -0.1) is 0 Å². The first-order valence-electron chi connectivity index (χ1n) is 14.6. The van der Waals surface area contributed by atoms with Crippen LogP contribution in [0, 0.1) is 38.9 Å². The molecule has 0 heterocycles. The van der Waals surface area contributed by atoms with E-state index < -0.39 is 5.60 Å². The van der Waals surface area contributed by atoms with Crippen LogP contribution in [0.4, 0.5) is 0 Å². The third-order valence-electron chi connectivity index (χ3n) is 12.1. The van der Waals surface area contributed by atoms with Gasteiger partial charge in [0.05, 0.1) is 0 Å². The standard InChI is InChI=1S/C32H54O4/c1-23(34)21-25-31(8)15-12-26(35)28(4,5)24(31)11-16-32(25,9)29(6)14-10-13-27(2,3)17-19-30(7,20-18-29)36-22-33/h22,24-25H,10-21H2,1-9H3/t24-,25+,29-,30-,31-,32+/m0/s1. The van der Waals surface area contributed by atoms with Gasteiger partial charge in [-0.25, -0.2) is 0 Å². The van der Waals surface area contributed by atoms with Crippen molar-refractivity contribution in [2.24, 2.45) is 38.9 Å². The summed E-state index contributed by atoms with van der Waals surface area (Å²) in [4.78, 5) is 37.3. The Hall–Kier alpha value is -1.19. The SMILES string of the molecule is CC(=O)C[C@@H]1[C@@]2(C)CCC(=O)C(C)(C)[C@@H]2CC[C@@]1(C)[C@@]1(C)CCCC(C)(C)CC[C@](C)(OC=O)CC1. The van der Waals surface area contributed by atoms with Crippen LogP contribution in [0.25, 0.3) is 0 Å². The van der Waals surface area contributed by atoms with E-state index >= 15 is 0 Å². The number of carbonyl (C=O) groups excluding carboxylic acids is 3. The topological polar surface area (TPSA) is 60.4 Å². The van der Waals surface area contributed by atoms with Crippen LogP contribution in [0.1, 0.15) is 139 Å². The Morgan fingerprint density at radius 3 is 2.14 bits per heavy atom. The second kappa shape index (κ2) is 9.84. The number of hydrogen-bond donors (Lipinski definition) is 0. The van der Waals surface area contributed by atoms with Crippen LogP contribution in [0.15, 0.2) is 0 Å². The average molecular weight is 503 g/mol. The highest BCUT2D eigenvalue weighted by Gasteiger charge is 2.64.